The van der Waals surface area contributed by atoms with Crippen LogP contribution in [0.5, 0.6) is 5.75 Å². The molecule has 1 saturated heterocycles. The highest BCUT2D eigenvalue weighted by Gasteiger charge is 2.24. The number of likely N-dealkylation sites (tertiary alicyclic amines) is 1. The Morgan fingerprint density at radius 1 is 1.41 bits per heavy atom. The van der Waals surface area contributed by atoms with Gasteiger partial charge in [-0.2, -0.15) is 0 Å². The maximum atomic E-state index is 12.0. The first kappa shape index (κ1) is 11.8. The minimum Gasteiger partial charge on any atom is -0.481 e. The molecule has 2 rings (SSSR count). The summed E-state index contributed by atoms with van der Waals surface area (Å²) in [7, 11) is 0. The van der Waals surface area contributed by atoms with Crippen LogP contribution in [0.1, 0.15) is 19.8 Å². The highest BCUT2D eigenvalue weighted by Crippen LogP contribution is 2.17. The average Bonchev–Trinajstić information content (AvgIpc) is 2.81. The molecule has 1 aliphatic heterocycles. The Bertz CT molecular complexity index is 400. The normalized spacial score (nSPS) is 16.9. The van der Waals surface area contributed by atoms with E-state index >= 15 is 0 Å². The highest BCUT2D eigenvalue weighted by atomic mass is 16.5. The van der Waals surface area contributed by atoms with Crippen LogP contribution in [0, 0.1) is 0 Å². The van der Waals surface area contributed by atoms with Gasteiger partial charge in [0.2, 0.25) is 0 Å². The van der Waals surface area contributed by atoms with Crippen molar-refractivity contribution in [2.45, 2.75) is 25.9 Å². The van der Waals surface area contributed by atoms with Crippen molar-refractivity contribution in [3.63, 3.8) is 0 Å². The quantitative estimate of drug-likeness (QED) is 0.809. The molecule has 1 atom stereocenters. The van der Waals surface area contributed by atoms with Gasteiger partial charge in [-0.05, 0) is 31.9 Å². The fourth-order valence-electron chi connectivity index (χ4n) is 2.04. The number of carbonyl (C=O) groups is 1. The van der Waals surface area contributed by atoms with Crippen LogP contribution >= 0.6 is 0 Å². The number of hydrogen-bond acceptors (Lipinski definition) is 3. The zero-order valence-corrected chi connectivity index (χ0v) is 10.1. The monoisotopic (exact) mass is 234 g/mol. The molecule has 0 spiro atoms. The average molecular weight is 234 g/mol. The number of rotatable bonds is 3. The maximum absolute atomic E-state index is 12.0. The highest BCUT2D eigenvalue weighted by molar-refractivity contribution is 5.81. The lowest BCUT2D eigenvalue weighted by Crippen LogP contribution is -2.38. The lowest BCUT2D eigenvalue weighted by atomic mass is 10.3. The number of anilines is 1. The third kappa shape index (κ3) is 2.90. The van der Waals surface area contributed by atoms with Crippen LogP contribution in [0.15, 0.2) is 24.3 Å². The van der Waals surface area contributed by atoms with Gasteiger partial charge in [0, 0.05) is 24.8 Å². The third-order valence-electron chi connectivity index (χ3n) is 2.94. The van der Waals surface area contributed by atoms with E-state index in [0.29, 0.717) is 11.4 Å². The lowest BCUT2D eigenvalue weighted by Gasteiger charge is -2.21. The number of amides is 1. The number of nitrogens with zero attached hydrogens (tertiary/aromatic N) is 1. The zero-order valence-electron chi connectivity index (χ0n) is 10.1. The Labute approximate surface area is 101 Å². The van der Waals surface area contributed by atoms with Gasteiger partial charge in [-0.15, -0.1) is 0 Å². The van der Waals surface area contributed by atoms with Crippen molar-refractivity contribution < 1.29 is 9.53 Å². The topological polar surface area (TPSA) is 55.6 Å². The largest absolute Gasteiger partial charge is 0.481 e. The number of nitrogens with two attached hydrogens (primary N) is 1. The first-order chi connectivity index (χ1) is 8.16. The third-order valence-corrected chi connectivity index (χ3v) is 2.94. The molecule has 0 aliphatic carbocycles. The van der Waals surface area contributed by atoms with Crippen LogP contribution in [-0.2, 0) is 4.79 Å². The number of nitrogen functional groups attached to an aromatic ring is 1. The molecule has 4 nitrogen and oxygen atoms in total. The maximum Gasteiger partial charge on any atom is 0.263 e. The van der Waals surface area contributed by atoms with Crippen molar-refractivity contribution in [2.75, 3.05) is 18.8 Å². The molecule has 0 radical (unpaired) electrons. The number of ether oxygens (including phenoxy) is 1. The summed E-state index contributed by atoms with van der Waals surface area (Å²) >= 11 is 0. The van der Waals surface area contributed by atoms with E-state index in [1.54, 1.807) is 19.1 Å². The summed E-state index contributed by atoms with van der Waals surface area (Å²) in [5, 5.41) is 0. The second kappa shape index (κ2) is 5.08. The Morgan fingerprint density at radius 2 is 2.12 bits per heavy atom. The first-order valence-corrected chi connectivity index (χ1v) is 5.98. The minimum absolute atomic E-state index is 0.0601. The van der Waals surface area contributed by atoms with E-state index in [4.69, 9.17) is 10.5 Å². The van der Waals surface area contributed by atoms with E-state index in [1.807, 2.05) is 17.0 Å². The number of carbonyl (C=O) groups excluding carboxylic acids is 1. The summed E-state index contributed by atoms with van der Waals surface area (Å²) in [6.45, 7) is 3.48. The molecule has 1 aromatic rings. The summed E-state index contributed by atoms with van der Waals surface area (Å²) in [5.74, 6) is 0.704. The van der Waals surface area contributed by atoms with Crippen LogP contribution < -0.4 is 10.5 Å². The van der Waals surface area contributed by atoms with E-state index in [-0.39, 0.29) is 5.91 Å². The zero-order chi connectivity index (χ0) is 12.3. The van der Waals surface area contributed by atoms with Crippen LogP contribution in [0.2, 0.25) is 0 Å². The van der Waals surface area contributed by atoms with Crippen molar-refractivity contribution in [1.82, 2.24) is 4.90 Å². The molecule has 0 aromatic heterocycles. The molecule has 2 N–H and O–H groups in total. The summed E-state index contributed by atoms with van der Waals surface area (Å²) in [6.07, 6.45) is 1.74. The smallest absolute Gasteiger partial charge is 0.263 e. The van der Waals surface area contributed by atoms with Gasteiger partial charge >= 0.3 is 0 Å². The van der Waals surface area contributed by atoms with Gasteiger partial charge in [-0.25, -0.2) is 0 Å². The summed E-state index contributed by atoms with van der Waals surface area (Å²) in [4.78, 5) is 13.9. The SMILES string of the molecule is C[C@H](Oc1cccc(N)c1)C(=O)N1CCCC1. The molecule has 92 valence electrons. The number of hydrogen-bond donors (Lipinski definition) is 1. The standard InChI is InChI=1S/C13H18N2O2/c1-10(13(16)15-7-2-3-8-15)17-12-6-4-5-11(14)9-12/h4-6,9-10H,2-3,7-8,14H2,1H3/t10-/m0/s1. The Kier molecular flexibility index (Phi) is 3.52. The fraction of sp³-hybridized carbons (Fsp3) is 0.462. The van der Waals surface area contributed by atoms with Crippen molar-refractivity contribution in [2.24, 2.45) is 0 Å². The Hall–Kier alpha value is -1.71. The predicted octanol–water partition coefficient (Wildman–Crippen LogP) is 1.66. The Morgan fingerprint density at radius 3 is 2.76 bits per heavy atom. The molecular weight excluding hydrogens is 216 g/mol. The van der Waals surface area contributed by atoms with Gasteiger partial charge in [-0.1, -0.05) is 6.07 Å². The minimum atomic E-state index is -0.449. The summed E-state index contributed by atoms with van der Waals surface area (Å²) < 4.78 is 5.60. The molecule has 0 saturated carbocycles. The van der Waals surface area contributed by atoms with E-state index in [9.17, 15) is 4.79 Å². The number of benzene rings is 1. The molecule has 0 unspecified atom stereocenters. The fourth-order valence-corrected chi connectivity index (χ4v) is 2.04. The Balaban J connectivity index is 1.96. The molecule has 1 heterocycles. The van der Waals surface area contributed by atoms with E-state index in [2.05, 4.69) is 0 Å². The van der Waals surface area contributed by atoms with Gasteiger partial charge < -0.3 is 15.4 Å². The van der Waals surface area contributed by atoms with Gasteiger partial charge in [0.1, 0.15) is 5.75 Å². The molecule has 1 aliphatic rings. The van der Waals surface area contributed by atoms with Crippen molar-refractivity contribution >= 4 is 11.6 Å². The van der Waals surface area contributed by atoms with E-state index < -0.39 is 6.10 Å². The predicted molar refractivity (Wildman–Crippen MR) is 66.8 cm³/mol. The van der Waals surface area contributed by atoms with Crippen molar-refractivity contribution in [1.29, 1.82) is 0 Å². The van der Waals surface area contributed by atoms with Crippen LogP contribution in [-0.4, -0.2) is 30.0 Å². The van der Waals surface area contributed by atoms with Gasteiger partial charge in [-0.3, -0.25) is 4.79 Å². The molecule has 1 amide bonds. The van der Waals surface area contributed by atoms with Crippen LogP contribution in [0.4, 0.5) is 5.69 Å². The lowest BCUT2D eigenvalue weighted by molar-refractivity contribution is -0.136. The van der Waals surface area contributed by atoms with Crippen LogP contribution in [0.25, 0.3) is 0 Å². The van der Waals surface area contributed by atoms with Gasteiger partial charge in [0.25, 0.3) is 5.91 Å². The van der Waals surface area contributed by atoms with Gasteiger partial charge in [0.05, 0.1) is 0 Å². The van der Waals surface area contributed by atoms with Crippen molar-refractivity contribution in [3.8, 4) is 5.75 Å². The van der Waals surface area contributed by atoms with Crippen molar-refractivity contribution in [3.05, 3.63) is 24.3 Å². The summed E-state index contributed by atoms with van der Waals surface area (Å²) in [6, 6.07) is 7.15. The first-order valence-electron chi connectivity index (χ1n) is 5.98. The summed E-state index contributed by atoms with van der Waals surface area (Å²) in [5.41, 5.74) is 6.30. The van der Waals surface area contributed by atoms with E-state index in [1.165, 1.54) is 0 Å². The molecule has 17 heavy (non-hydrogen) atoms. The van der Waals surface area contributed by atoms with Gasteiger partial charge in [0.15, 0.2) is 6.10 Å². The molecule has 1 aromatic carbocycles. The second-order valence-electron chi connectivity index (χ2n) is 4.36. The second-order valence-corrected chi connectivity index (χ2v) is 4.36. The molecule has 0 bridgehead atoms. The van der Waals surface area contributed by atoms with Crippen LogP contribution in [0.3, 0.4) is 0 Å². The molecule has 4 heteroatoms. The van der Waals surface area contributed by atoms with E-state index in [0.717, 1.165) is 25.9 Å². The molecule has 1 fully saturated rings. The molecular formula is C13H18N2O2.